The Morgan fingerprint density at radius 2 is 1.66 bits per heavy atom. The van der Waals surface area contributed by atoms with Crippen molar-refractivity contribution in [3.05, 3.63) is 89.5 Å². The highest BCUT2D eigenvalue weighted by Gasteiger charge is 2.24. The average molecular weight is 493 g/mol. The number of para-hydroxylation sites is 2. The minimum Gasteiger partial charge on any atom is -0.452 e. The maximum atomic E-state index is 12.9. The lowest BCUT2D eigenvalue weighted by molar-refractivity contribution is -0.121. The predicted octanol–water partition coefficient (Wildman–Crippen LogP) is 4.17. The summed E-state index contributed by atoms with van der Waals surface area (Å²) >= 11 is 0. The third-order valence-corrected chi connectivity index (χ3v) is 6.44. The van der Waals surface area contributed by atoms with Gasteiger partial charge in [0.2, 0.25) is 0 Å². The summed E-state index contributed by atoms with van der Waals surface area (Å²) in [7, 11) is -4.23. The Kier molecular flexibility index (Phi) is 8.23. The molecule has 3 aromatic carbocycles. The van der Waals surface area contributed by atoms with Crippen LogP contribution in [0.3, 0.4) is 0 Å². The molecule has 0 fully saturated rings. The zero-order valence-electron chi connectivity index (χ0n) is 19.3. The molecule has 0 bridgehead atoms. The number of hydrogen-bond donors (Lipinski definition) is 0. The van der Waals surface area contributed by atoms with Crippen LogP contribution in [0.4, 0.5) is 5.69 Å². The number of anilines is 1. The third-order valence-electron chi connectivity index (χ3n) is 5.06. The van der Waals surface area contributed by atoms with Gasteiger partial charge in [0.25, 0.3) is 5.91 Å². The Bertz CT molecular complexity index is 1360. The summed E-state index contributed by atoms with van der Waals surface area (Å²) in [4.78, 5) is 26.9. The molecule has 0 atom stereocenters. The minimum absolute atomic E-state index is 0.00755. The van der Waals surface area contributed by atoms with Crippen molar-refractivity contribution in [2.75, 3.05) is 18.1 Å². The van der Waals surface area contributed by atoms with Gasteiger partial charge in [0.1, 0.15) is 10.5 Å². The molecule has 0 heterocycles. The van der Waals surface area contributed by atoms with E-state index < -0.39 is 28.6 Å². The number of carbonyl (C=O) groups excluding carboxylic acids is 2. The van der Waals surface area contributed by atoms with Crippen LogP contribution in [0.2, 0.25) is 0 Å². The average Bonchev–Trinajstić information content (AvgIpc) is 2.85. The van der Waals surface area contributed by atoms with Crippen LogP contribution >= 0.6 is 0 Å². The standard InChI is InChI=1S/C26H24N2O6S/c1-19-13-14-20(2)24(17-19)35(31,32)34-23-12-7-6-11-22(23)26(30)33-18-25(29)28(16-8-15-27)21-9-4-3-5-10-21/h3-7,9-14,17H,8,16,18H2,1-2H3. The maximum Gasteiger partial charge on any atom is 0.342 e. The van der Waals surface area contributed by atoms with Crippen molar-refractivity contribution in [1.82, 2.24) is 0 Å². The number of esters is 1. The fourth-order valence-electron chi connectivity index (χ4n) is 3.30. The zero-order valence-corrected chi connectivity index (χ0v) is 20.1. The highest BCUT2D eigenvalue weighted by Crippen LogP contribution is 2.26. The summed E-state index contributed by atoms with van der Waals surface area (Å²) in [5.74, 6) is -1.66. The van der Waals surface area contributed by atoms with Crippen LogP contribution in [-0.4, -0.2) is 33.4 Å². The van der Waals surface area contributed by atoms with E-state index in [0.29, 0.717) is 11.3 Å². The van der Waals surface area contributed by atoms with Gasteiger partial charge in [0, 0.05) is 12.2 Å². The summed E-state index contributed by atoms with van der Waals surface area (Å²) in [6.45, 7) is 2.93. The number of nitrogens with zero attached hydrogens (tertiary/aromatic N) is 2. The number of ether oxygens (including phenoxy) is 1. The van der Waals surface area contributed by atoms with Gasteiger partial charge in [-0.1, -0.05) is 42.5 Å². The quantitative estimate of drug-likeness (QED) is 0.325. The first-order valence-corrected chi connectivity index (χ1v) is 12.1. The molecule has 180 valence electrons. The van der Waals surface area contributed by atoms with Crippen molar-refractivity contribution in [3.63, 3.8) is 0 Å². The number of benzene rings is 3. The first-order chi connectivity index (χ1) is 16.7. The molecule has 8 nitrogen and oxygen atoms in total. The molecule has 0 saturated carbocycles. The topological polar surface area (TPSA) is 114 Å². The molecular formula is C26H24N2O6S. The van der Waals surface area contributed by atoms with Gasteiger partial charge in [0.05, 0.1) is 12.5 Å². The van der Waals surface area contributed by atoms with Gasteiger partial charge in [0.15, 0.2) is 12.4 Å². The van der Waals surface area contributed by atoms with E-state index in [9.17, 15) is 18.0 Å². The summed E-state index contributed by atoms with van der Waals surface area (Å²) in [6, 6.07) is 21.4. The van der Waals surface area contributed by atoms with Gasteiger partial charge >= 0.3 is 16.1 Å². The normalized spacial score (nSPS) is 10.8. The predicted molar refractivity (Wildman–Crippen MR) is 129 cm³/mol. The monoisotopic (exact) mass is 492 g/mol. The molecule has 0 radical (unpaired) electrons. The van der Waals surface area contributed by atoms with Crippen molar-refractivity contribution in [2.24, 2.45) is 0 Å². The van der Waals surface area contributed by atoms with Crippen LogP contribution in [0.15, 0.2) is 77.7 Å². The van der Waals surface area contributed by atoms with E-state index in [-0.39, 0.29) is 29.2 Å². The largest absolute Gasteiger partial charge is 0.452 e. The maximum absolute atomic E-state index is 12.9. The Labute approximate surface area is 204 Å². The van der Waals surface area contributed by atoms with Crippen LogP contribution in [0.5, 0.6) is 5.75 Å². The highest BCUT2D eigenvalue weighted by atomic mass is 32.2. The number of amides is 1. The second-order valence-corrected chi connectivity index (χ2v) is 9.18. The van der Waals surface area contributed by atoms with Crippen molar-refractivity contribution >= 4 is 27.7 Å². The van der Waals surface area contributed by atoms with Crippen LogP contribution in [-0.2, 0) is 19.6 Å². The van der Waals surface area contributed by atoms with Crippen LogP contribution in [0, 0.1) is 25.2 Å². The molecule has 0 aliphatic heterocycles. The number of nitriles is 1. The van der Waals surface area contributed by atoms with Gasteiger partial charge in [-0.25, -0.2) is 4.79 Å². The molecule has 0 unspecified atom stereocenters. The molecular weight excluding hydrogens is 468 g/mol. The molecule has 0 aliphatic rings. The highest BCUT2D eigenvalue weighted by molar-refractivity contribution is 7.87. The molecule has 0 aromatic heterocycles. The van der Waals surface area contributed by atoms with Crippen molar-refractivity contribution in [2.45, 2.75) is 25.2 Å². The van der Waals surface area contributed by atoms with Crippen molar-refractivity contribution in [1.29, 1.82) is 5.26 Å². The summed E-state index contributed by atoms with van der Waals surface area (Å²) in [6.07, 6.45) is 0.0987. The smallest absolute Gasteiger partial charge is 0.342 e. The van der Waals surface area contributed by atoms with E-state index in [2.05, 4.69) is 0 Å². The molecule has 0 aliphatic carbocycles. The Hall–Kier alpha value is -4.16. The Morgan fingerprint density at radius 1 is 0.971 bits per heavy atom. The minimum atomic E-state index is -4.23. The molecule has 1 amide bonds. The second-order valence-electron chi connectivity index (χ2n) is 7.67. The Balaban J connectivity index is 1.77. The molecule has 35 heavy (non-hydrogen) atoms. The van der Waals surface area contributed by atoms with E-state index in [0.717, 1.165) is 5.56 Å². The third kappa shape index (κ3) is 6.46. The number of aryl methyl sites for hydroxylation is 2. The second kappa shape index (κ2) is 11.3. The van der Waals surface area contributed by atoms with Crippen molar-refractivity contribution < 1.29 is 26.9 Å². The molecule has 9 heteroatoms. The fourth-order valence-corrected chi connectivity index (χ4v) is 4.56. The first-order valence-electron chi connectivity index (χ1n) is 10.7. The van der Waals surface area contributed by atoms with Gasteiger partial charge < -0.3 is 13.8 Å². The lowest BCUT2D eigenvalue weighted by Gasteiger charge is -2.21. The SMILES string of the molecule is Cc1ccc(C)c(S(=O)(=O)Oc2ccccc2C(=O)OCC(=O)N(CCC#N)c2ccccc2)c1. The molecule has 0 N–H and O–H groups in total. The summed E-state index contributed by atoms with van der Waals surface area (Å²) in [5, 5.41) is 8.91. The van der Waals surface area contributed by atoms with E-state index in [4.69, 9.17) is 14.2 Å². The fraction of sp³-hybridized carbons (Fsp3) is 0.192. The van der Waals surface area contributed by atoms with Gasteiger partial charge in [-0.3, -0.25) is 4.79 Å². The van der Waals surface area contributed by atoms with E-state index in [1.165, 1.54) is 35.2 Å². The van der Waals surface area contributed by atoms with E-state index in [1.54, 1.807) is 56.3 Å². The molecule has 0 saturated heterocycles. The number of rotatable bonds is 9. The van der Waals surface area contributed by atoms with Crippen molar-refractivity contribution in [3.8, 4) is 11.8 Å². The van der Waals surface area contributed by atoms with Gasteiger partial charge in [-0.05, 0) is 55.3 Å². The number of carbonyl (C=O) groups is 2. The molecule has 3 rings (SSSR count). The van der Waals surface area contributed by atoms with Gasteiger partial charge in [-0.2, -0.15) is 13.7 Å². The molecule has 0 spiro atoms. The van der Waals surface area contributed by atoms with Crippen LogP contribution in [0.1, 0.15) is 27.9 Å². The lowest BCUT2D eigenvalue weighted by atomic mass is 10.2. The summed E-state index contributed by atoms with van der Waals surface area (Å²) in [5.41, 5.74) is 1.66. The lowest BCUT2D eigenvalue weighted by Crippen LogP contribution is -2.35. The van der Waals surface area contributed by atoms with E-state index in [1.807, 2.05) is 6.07 Å². The first kappa shape index (κ1) is 25.5. The Morgan fingerprint density at radius 3 is 2.37 bits per heavy atom. The van der Waals surface area contributed by atoms with E-state index >= 15 is 0 Å². The van der Waals surface area contributed by atoms with Crippen LogP contribution < -0.4 is 9.08 Å². The molecule has 3 aromatic rings. The van der Waals surface area contributed by atoms with Gasteiger partial charge in [-0.15, -0.1) is 0 Å². The summed E-state index contributed by atoms with van der Waals surface area (Å²) < 4.78 is 36.3. The zero-order chi connectivity index (χ0) is 25.4. The number of hydrogen-bond acceptors (Lipinski definition) is 7. The van der Waals surface area contributed by atoms with Crippen LogP contribution in [0.25, 0.3) is 0 Å².